The highest BCUT2D eigenvalue weighted by Gasteiger charge is 2.03. The number of fused-ring (bicyclic) bond motifs is 1. The van der Waals surface area contributed by atoms with Crippen LogP contribution < -0.4 is 5.32 Å². The second kappa shape index (κ2) is 5.63. The maximum atomic E-state index is 4.56. The fraction of sp³-hybridized carbons (Fsp3) is 0.333. The van der Waals surface area contributed by atoms with E-state index in [1.165, 1.54) is 10.4 Å². The Bertz CT molecular complexity index is 681. The number of benzene rings is 1. The van der Waals surface area contributed by atoms with Gasteiger partial charge in [-0.1, -0.05) is 23.5 Å². The summed E-state index contributed by atoms with van der Waals surface area (Å²) in [6, 6.07) is 10.3. The van der Waals surface area contributed by atoms with Gasteiger partial charge in [-0.25, -0.2) is 4.98 Å². The highest BCUT2D eigenvalue weighted by atomic mass is 32.1. The van der Waals surface area contributed by atoms with Gasteiger partial charge in [0.25, 0.3) is 0 Å². The van der Waals surface area contributed by atoms with Gasteiger partial charge in [0, 0.05) is 18.8 Å². The Morgan fingerprint density at radius 2 is 2.10 bits per heavy atom. The van der Waals surface area contributed by atoms with E-state index in [0.29, 0.717) is 0 Å². The molecule has 0 saturated carbocycles. The first-order chi connectivity index (χ1) is 9.72. The molecule has 0 unspecified atom stereocenters. The monoisotopic (exact) mass is 286 g/mol. The van der Waals surface area contributed by atoms with Gasteiger partial charge in [0.05, 0.1) is 15.9 Å². The lowest BCUT2D eigenvalue weighted by molar-refractivity contribution is 0.573. The molecular formula is C15H18N4S. The van der Waals surface area contributed by atoms with Crippen LogP contribution in [0.2, 0.25) is 0 Å². The molecule has 0 amide bonds. The molecule has 1 aromatic carbocycles. The van der Waals surface area contributed by atoms with Crippen molar-refractivity contribution in [1.29, 1.82) is 0 Å². The van der Waals surface area contributed by atoms with Crippen LogP contribution in [0.4, 0.5) is 5.13 Å². The molecule has 3 rings (SSSR count). The molecule has 3 aromatic rings. The number of para-hydroxylation sites is 1. The van der Waals surface area contributed by atoms with E-state index in [4.69, 9.17) is 0 Å². The first-order valence-electron chi connectivity index (χ1n) is 6.83. The second-order valence-corrected chi connectivity index (χ2v) is 5.95. The van der Waals surface area contributed by atoms with Gasteiger partial charge in [0.2, 0.25) is 0 Å². The van der Waals surface area contributed by atoms with Gasteiger partial charge < -0.3 is 5.32 Å². The molecule has 104 valence electrons. The third kappa shape index (κ3) is 2.82. The minimum absolute atomic E-state index is 0.915. The molecule has 2 heterocycles. The maximum Gasteiger partial charge on any atom is 0.183 e. The van der Waals surface area contributed by atoms with Gasteiger partial charge in [-0.05, 0) is 38.5 Å². The molecule has 4 nitrogen and oxygen atoms in total. The van der Waals surface area contributed by atoms with Gasteiger partial charge >= 0.3 is 0 Å². The lowest BCUT2D eigenvalue weighted by Gasteiger charge is -2.05. The quantitative estimate of drug-likeness (QED) is 0.729. The third-order valence-electron chi connectivity index (χ3n) is 3.22. The zero-order valence-electron chi connectivity index (χ0n) is 11.8. The predicted octanol–water partition coefficient (Wildman–Crippen LogP) is 3.61. The Morgan fingerprint density at radius 3 is 2.85 bits per heavy atom. The van der Waals surface area contributed by atoms with E-state index < -0.39 is 0 Å². The number of anilines is 1. The maximum absolute atomic E-state index is 4.56. The second-order valence-electron chi connectivity index (χ2n) is 4.92. The van der Waals surface area contributed by atoms with Crippen molar-refractivity contribution in [2.75, 3.05) is 11.9 Å². The molecule has 0 atom stereocenters. The summed E-state index contributed by atoms with van der Waals surface area (Å²) in [6.45, 7) is 5.99. The van der Waals surface area contributed by atoms with Crippen molar-refractivity contribution in [2.24, 2.45) is 0 Å². The van der Waals surface area contributed by atoms with E-state index in [1.807, 2.05) is 25.1 Å². The van der Waals surface area contributed by atoms with E-state index in [1.54, 1.807) is 11.3 Å². The summed E-state index contributed by atoms with van der Waals surface area (Å²) in [5.74, 6) is 0. The normalized spacial score (nSPS) is 11.1. The molecule has 0 aliphatic rings. The minimum atomic E-state index is 0.915. The first-order valence-corrected chi connectivity index (χ1v) is 7.64. The number of aryl methyl sites for hydroxylation is 3. The van der Waals surface area contributed by atoms with Crippen molar-refractivity contribution in [1.82, 2.24) is 14.8 Å². The number of rotatable bonds is 5. The van der Waals surface area contributed by atoms with Crippen molar-refractivity contribution < 1.29 is 0 Å². The minimum Gasteiger partial charge on any atom is -0.361 e. The van der Waals surface area contributed by atoms with Gasteiger partial charge in [-0.2, -0.15) is 5.10 Å². The Kier molecular flexibility index (Phi) is 3.69. The standard InChI is InChI=1S/C15H18N4S/c1-11-10-12(2)19(18-11)9-5-8-16-15-17-13-6-3-4-7-14(13)20-15/h3-4,6-7,10H,5,8-9H2,1-2H3,(H,16,17). The largest absolute Gasteiger partial charge is 0.361 e. The predicted molar refractivity (Wildman–Crippen MR) is 84.4 cm³/mol. The van der Waals surface area contributed by atoms with Crippen LogP contribution in [0.1, 0.15) is 17.8 Å². The smallest absolute Gasteiger partial charge is 0.183 e. The molecular weight excluding hydrogens is 268 g/mol. The van der Waals surface area contributed by atoms with Crippen molar-refractivity contribution in [3.8, 4) is 0 Å². The summed E-state index contributed by atoms with van der Waals surface area (Å²) in [4.78, 5) is 4.56. The molecule has 0 fully saturated rings. The molecule has 0 bridgehead atoms. The number of hydrogen-bond acceptors (Lipinski definition) is 4. The first kappa shape index (κ1) is 13.1. The van der Waals surface area contributed by atoms with Crippen LogP contribution in [0, 0.1) is 13.8 Å². The third-order valence-corrected chi connectivity index (χ3v) is 4.21. The zero-order valence-corrected chi connectivity index (χ0v) is 12.6. The molecule has 0 saturated heterocycles. The lowest BCUT2D eigenvalue weighted by Crippen LogP contribution is -2.08. The topological polar surface area (TPSA) is 42.7 Å². The Morgan fingerprint density at radius 1 is 1.25 bits per heavy atom. The number of hydrogen-bond donors (Lipinski definition) is 1. The van der Waals surface area contributed by atoms with Crippen LogP contribution in [0.3, 0.4) is 0 Å². The lowest BCUT2D eigenvalue weighted by atomic mass is 10.3. The van der Waals surface area contributed by atoms with Crippen molar-refractivity contribution in [2.45, 2.75) is 26.8 Å². The van der Waals surface area contributed by atoms with Crippen LogP contribution in [0.5, 0.6) is 0 Å². The number of thiazole rings is 1. The van der Waals surface area contributed by atoms with E-state index in [2.05, 4.69) is 39.1 Å². The van der Waals surface area contributed by atoms with Crippen LogP contribution in [0.15, 0.2) is 30.3 Å². The zero-order chi connectivity index (χ0) is 13.9. The molecule has 20 heavy (non-hydrogen) atoms. The summed E-state index contributed by atoms with van der Waals surface area (Å²) in [6.07, 6.45) is 1.04. The molecule has 5 heteroatoms. The Hall–Kier alpha value is -1.88. The SMILES string of the molecule is Cc1cc(C)n(CCCNc2nc3ccccc3s2)n1. The number of nitrogens with one attached hydrogen (secondary N) is 1. The fourth-order valence-corrected chi connectivity index (χ4v) is 3.16. The summed E-state index contributed by atoms with van der Waals surface area (Å²) >= 11 is 1.71. The van der Waals surface area contributed by atoms with Crippen molar-refractivity contribution >= 4 is 26.7 Å². The fourth-order valence-electron chi connectivity index (χ4n) is 2.27. The highest BCUT2D eigenvalue weighted by molar-refractivity contribution is 7.22. The Balaban J connectivity index is 1.53. The van der Waals surface area contributed by atoms with E-state index >= 15 is 0 Å². The van der Waals surface area contributed by atoms with Gasteiger partial charge in [-0.15, -0.1) is 0 Å². The van der Waals surface area contributed by atoms with Gasteiger partial charge in [0.1, 0.15) is 0 Å². The van der Waals surface area contributed by atoms with Crippen molar-refractivity contribution in [3.05, 3.63) is 41.7 Å². The van der Waals surface area contributed by atoms with E-state index in [-0.39, 0.29) is 0 Å². The van der Waals surface area contributed by atoms with Crippen molar-refractivity contribution in [3.63, 3.8) is 0 Å². The molecule has 0 aliphatic carbocycles. The number of nitrogens with zero attached hydrogens (tertiary/aromatic N) is 3. The average molecular weight is 286 g/mol. The molecule has 1 N–H and O–H groups in total. The molecule has 0 aliphatic heterocycles. The summed E-state index contributed by atoms with van der Waals surface area (Å²) < 4.78 is 3.29. The van der Waals surface area contributed by atoms with E-state index in [9.17, 15) is 0 Å². The highest BCUT2D eigenvalue weighted by Crippen LogP contribution is 2.25. The summed E-state index contributed by atoms with van der Waals surface area (Å²) in [5, 5.41) is 8.86. The molecule has 0 spiro atoms. The summed E-state index contributed by atoms with van der Waals surface area (Å²) in [7, 11) is 0. The molecule has 0 radical (unpaired) electrons. The number of aromatic nitrogens is 3. The van der Waals surface area contributed by atoms with Gasteiger partial charge in [0.15, 0.2) is 5.13 Å². The van der Waals surface area contributed by atoms with Gasteiger partial charge in [-0.3, -0.25) is 4.68 Å². The van der Waals surface area contributed by atoms with Crippen LogP contribution in [-0.2, 0) is 6.54 Å². The average Bonchev–Trinajstić information content (AvgIpc) is 2.97. The van der Waals surface area contributed by atoms with Crippen LogP contribution in [0.25, 0.3) is 10.2 Å². The van der Waals surface area contributed by atoms with Crippen LogP contribution >= 0.6 is 11.3 Å². The van der Waals surface area contributed by atoms with Crippen LogP contribution in [-0.4, -0.2) is 21.3 Å². The molecule has 2 aromatic heterocycles. The summed E-state index contributed by atoms with van der Waals surface area (Å²) in [5.41, 5.74) is 3.38. The van der Waals surface area contributed by atoms with E-state index in [0.717, 1.165) is 35.9 Å². The Labute approximate surface area is 122 Å².